The van der Waals surface area contributed by atoms with Crippen molar-refractivity contribution in [1.82, 2.24) is 24.6 Å². The van der Waals surface area contributed by atoms with E-state index < -0.39 is 25.6 Å². The standard InChI is InChI=1S/C27H32FN6O5P/c1-17(2)38-27(35)19(4)33-40(36,39-23-11-7-21(8-12-23)20-5-9-22(28)10-6-20)16-37-18(3)13-34-15-32-24-25(29)30-14-31-26(24)34/h5-12,14-15,17-19H,13,16H2,1-4H3,(H,33,36)(H2,29,30,31)/t18-,19+,40?/m1/s1. The first-order valence-corrected chi connectivity index (χ1v) is 14.5. The van der Waals surface area contributed by atoms with Gasteiger partial charge in [-0.3, -0.25) is 9.36 Å². The Morgan fingerprint density at radius 2 is 1.68 bits per heavy atom. The molecule has 0 bridgehead atoms. The number of anilines is 1. The van der Waals surface area contributed by atoms with Crippen LogP contribution in [0.15, 0.2) is 61.2 Å². The number of nitrogens with zero attached hydrogens (tertiary/aromatic N) is 4. The lowest BCUT2D eigenvalue weighted by atomic mass is 10.1. The summed E-state index contributed by atoms with van der Waals surface area (Å²) in [5, 5.41) is 2.79. The highest BCUT2D eigenvalue weighted by Crippen LogP contribution is 2.44. The molecule has 0 aliphatic heterocycles. The third-order valence-electron chi connectivity index (χ3n) is 5.79. The Kier molecular flexibility index (Phi) is 9.14. The number of hydrogen-bond donors (Lipinski definition) is 2. The summed E-state index contributed by atoms with van der Waals surface area (Å²) in [6, 6.07) is 12.0. The number of nitrogen functional groups attached to an aromatic ring is 1. The fourth-order valence-corrected chi connectivity index (χ4v) is 5.67. The van der Waals surface area contributed by atoms with Gasteiger partial charge in [0, 0.05) is 0 Å². The molecule has 3 N–H and O–H groups in total. The van der Waals surface area contributed by atoms with Crippen molar-refractivity contribution in [2.45, 2.75) is 52.5 Å². The number of imidazole rings is 1. The number of rotatable bonds is 12. The van der Waals surface area contributed by atoms with Gasteiger partial charge in [-0.2, -0.15) is 0 Å². The zero-order valence-electron chi connectivity index (χ0n) is 22.7. The fourth-order valence-electron chi connectivity index (χ4n) is 3.88. The summed E-state index contributed by atoms with van der Waals surface area (Å²) in [7, 11) is -3.78. The molecule has 0 aliphatic carbocycles. The van der Waals surface area contributed by atoms with Crippen LogP contribution < -0.4 is 15.3 Å². The van der Waals surface area contributed by atoms with E-state index in [1.807, 2.05) is 0 Å². The monoisotopic (exact) mass is 570 g/mol. The number of halogens is 1. The number of esters is 1. The summed E-state index contributed by atoms with van der Waals surface area (Å²) < 4.78 is 46.1. The van der Waals surface area contributed by atoms with Gasteiger partial charge in [-0.25, -0.2) is 24.4 Å². The highest BCUT2D eigenvalue weighted by molar-refractivity contribution is 7.57. The Balaban J connectivity index is 1.48. The first-order valence-electron chi connectivity index (χ1n) is 12.7. The molecule has 0 spiro atoms. The second kappa shape index (κ2) is 12.5. The van der Waals surface area contributed by atoms with E-state index in [2.05, 4.69) is 20.0 Å². The zero-order valence-corrected chi connectivity index (χ0v) is 23.5. The van der Waals surface area contributed by atoms with Crippen molar-refractivity contribution in [3.63, 3.8) is 0 Å². The van der Waals surface area contributed by atoms with E-state index >= 15 is 0 Å². The maximum absolute atomic E-state index is 14.0. The Morgan fingerprint density at radius 1 is 1.02 bits per heavy atom. The smallest absolute Gasteiger partial charge is 0.342 e. The Hall–Kier alpha value is -3.86. The largest absolute Gasteiger partial charge is 0.462 e. The van der Waals surface area contributed by atoms with Crippen LogP contribution in [0.4, 0.5) is 10.2 Å². The third-order valence-corrected chi connectivity index (χ3v) is 7.57. The molecule has 40 heavy (non-hydrogen) atoms. The molecule has 0 saturated carbocycles. The van der Waals surface area contributed by atoms with Gasteiger partial charge < -0.3 is 24.3 Å². The van der Waals surface area contributed by atoms with Crippen molar-refractivity contribution in [3.05, 3.63) is 67.0 Å². The van der Waals surface area contributed by atoms with Gasteiger partial charge in [0.2, 0.25) is 0 Å². The number of ether oxygens (including phenoxy) is 2. The molecule has 1 unspecified atom stereocenters. The lowest BCUT2D eigenvalue weighted by molar-refractivity contribution is -0.149. The minimum absolute atomic E-state index is 0.271. The van der Waals surface area contributed by atoms with Crippen LogP contribution in [0.1, 0.15) is 27.7 Å². The van der Waals surface area contributed by atoms with E-state index in [1.54, 1.807) is 75.0 Å². The van der Waals surface area contributed by atoms with Gasteiger partial charge in [-0.1, -0.05) is 24.3 Å². The summed E-state index contributed by atoms with van der Waals surface area (Å²) in [6.07, 6.45) is 1.82. The van der Waals surface area contributed by atoms with Gasteiger partial charge in [0.05, 0.1) is 25.1 Å². The van der Waals surface area contributed by atoms with E-state index in [-0.39, 0.29) is 24.1 Å². The zero-order chi connectivity index (χ0) is 28.9. The van der Waals surface area contributed by atoms with Crippen LogP contribution in [-0.4, -0.2) is 50.1 Å². The molecule has 4 aromatic rings. The minimum Gasteiger partial charge on any atom is -0.462 e. The van der Waals surface area contributed by atoms with Crippen molar-refractivity contribution in [1.29, 1.82) is 0 Å². The molecule has 0 saturated heterocycles. The second-order valence-corrected chi connectivity index (χ2v) is 11.6. The molecule has 0 fully saturated rings. The maximum Gasteiger partial charge on any atom is 0.342 e. The quantitative estimate of drug-likeness (QED) is 0.180. The number of nitrogens with one attached hydrogen (secondary N) is 1. The molecule has 11 nitrogen and oxygen atoms in total. The van der Waals surface area contributed by atoms with E-state index in [4.69, 9.17) is 19.7 Å². The topological polar surface area (TPSA) is 143 Å². The molecule has 2 heterocycles. The van der Waals surface area contributed by atoms with E-state index in [1.165, 1.54) is 18.5 Å². The predicted molar refractivity (Wildman–Crippen MR) is 149 cm³/mol. The first-order chi connectivity index (χ1) is 19.0. The molecule has 0 radical (unpaired) electrons. The van der Waals surface area contributed by atoms with Gasteiger partial charge >= 0.3 is 13.5 Å². The van der Waals surface area contributed by atoms with Crippen LogP contribution in [0.3, 0.4) is 0 Å². The van der Waals surface area contributed by atoms with Crippen LogP contribution >= 0.6 is 7.52 Å². The average Bonchev–Trinajstić information content (AvgIpc) is 3.32. The van der Waals surface area contributed by atoms with E-state index in [0.29, 0.717) is 23.5 Å². The SMILES string of the molecule is CC(C)OC(=O)[C@H](C)NP(=O)(CO[C@H](C)Cn1cnc2c(N)ncnc21)Oc1ccc(-c2ccc(F)cc2)cc1. The molecule has 212 valence electrons. The van der Waals surface area contributed by atoms with Crippen molar-refractivity contribution in [2.24, 2.45) is 0 Å². The van der Waals surface area contributed by atoms with E-state index in [0.717, 1.165) is 11.1 Å². The van der Waals surface area contributed by atoms with Crippen LogP contribution in [0, 0.1) is 5.82 Å². The van der Waals surface area contributed by atoms with Crippen molar-refractivity contribution >= 4 is 30.5 Å². The summed E-state index contributed by atoms with van der Waals surface area (Å²) in [6.45, 7) is 7.14. The normalized spacial score (nSPS) is 14.6. The molecular weight excluding hydrogens is 538 g/mol. The second-order valence-electron chi connectivity index (χ2n) is 9.57. The lowest BCUT2D eigenvalue weighted by Gasteiger charge is -2.25. The van der Waals surface area contributed by atoms with Crippen LogP contribution in [0.5, 0.6) is 5.75 Å². The maximum atomic E-state index is 14.0. The van der Waals surface area contributed by atoms with Gasteiger partial charge in [0.15, 0.2) is 11.5 Å². The van der Waals surface area contributed by atoms with Gasteiger partial charge in [-0.05, 0) is 63.1 Å². The van der Waals surface area contributed by atoms with Gasteiger partial charge in [0.1, 0.15) is 35.8 Å². The van der Waals surface area contributed by atoms with Crippen molar-refractivity contribution in [2.75, 3.05) is 12.1 Å². The number of carbonyl (C=O) groups excluding carboxylic acids is 1. The van der Waals surface area contributed by atoms with E-state index in [9.17, 15) is 13.8 Å². The lowest BCUT2D eigenvalue weighted by Crippen LogP contribution is -2.37. The summed E-state index contributed by atoms with van der Waals surface area (Å²) in [5.74, 6) is -0.323. The molecule has 3 atom stereocenters. The third kappa shape index (κ3) is 7.41. The van der Waals surface area contributed by atoms with Crippen LogP contribution in [-0.2, 0) is 25.4 Å². The number of aromatic nitrogens is 4. The Labute approximate surface area is 231 Å². The van der Waals surface area contributed by atoms with Gasteiger partial charge in [0.25, 0.3) is 0 Å². The Bertz CT molecular complexity index is 1500. The molecule has 2 aromatic carbocycles. The predicted octanol–water partition coefficient (Wildman–Crippen LogP) is 4.78. The number of nitrogens with two attached hydrogens (primary N) is 1. The van der Waals surface area contributed by atoms with Crippen molar-refractivity contribution < 1.29 is 27.7 Å². The number of carbonyl (C=O) groups is 1. The van der Waals surface area contributed by atoms with Crippen LogP contribution in [0.25, 0.3) is 22.3 Å². The van der Waals surface area contributed by atoms with Crippen LogP contribution in [0.2, 0.25) is 0 Å². The number of hydrogen-bond acceptors (Lipinski definition) is 9. The van der Waals surface area contributed by atoms with Gasteiger partial charge in [-0.15, -0.1) is 0 Å². The molecule has 0 amide bonds. The molecule has 13 heteroatoms. The molecule has 2 aromatic heterocycles. The Morgan fingerprint density at radius 3 is 2.33 bits per heavy atom. The number of fused-ring (bicyclic) bond motifs is 1. The highest BCUT2D eigenvalue weighted by atomic mass is 31.2. The average molecular weight is 571 g/mol. The highest BCUT2D eigenvalue weighted by Gasteiger charge is 2.32. The summed E-state index contributed by atoms with van der Waals surface area (Å²) >= 11 is 0. The first kappa shape index (κ1) is 29.1. The molecule has 0 aliphatic rings. The van der Waals surface area contributed by atoms with Crippen molar-refractivity contribution in [3.8, 4) is 16.9 Å². The molecule has 4 rings (SSSR count). The fraction of sp³-hybridized carbons (Fsp3) is 0.333. The minimum atomic E-state index is -3.78. The molecular formula is C27H32FN6O5P. The number of benzene rings is 2. The summed E-state index contributed by atoms with van der Waals surface area (Å²) in [5.41, 5.74) is 8.53. The summed E-state index contributed by atoms with van der Waals surface area (Å²) in [4.78, 5) is 24.9.